The lowest BCUT2D eigenvalue weighted by atomic mass is 9.94. The summed E-state index contributed by atoms with van der Waals surface area (Å²) in [5.74, 6) is -1.23. The van der Waals surface area contributed by atoms with Crippen molar-refractivity contribution in [3.63, 3.8) is 0 Å². The molecule has 1 saturated heterocycles. The average Bonchev–Trinajstić information content (AvgIpc) is 3.55. The van der Waals surface area contributed by atoms with E-state index in [1.807, 2.05) is 6.92 Å². The number of hydrogen-bond donors (Lipinski definition) is 1. The summed E-state index contributed by atoms with van der Waals surface area (Å²) in [4.78, 5) is 45.2. The molecule has 0 unspecified atom stereocenters. The first-order valence-electron chi connectivity index (χ1n) is 12.1. The largest absolute Gasteiger partial charge is 0.507 e. The molecule has 38 heavy (non-hydrogen) atoms. The molecule has 1 fully saturated rings. The molecule has 2 aromatic carbocycles. The quantitative estimate of drug-likeness (QED) is 0.211. The van der Waals surface area contributed by atoms with E-state index in [1.165, 1.54) is 12.0 Å². The molecular formula is C28H26N2O7S. The van der Waals surface area contributed by atoms with E-state index in [4.69, 9.17) is 14.2 Å². The van der Waals surface area contributed by atoms with Gasteiger partial charge in [-0.1, -0.05) is 23.5 Å². The van der Waals surface area contributed by atoms with Crippen molar-refractivity contribution in [2.45, 2.75) is 39.3 Å². The van der Waals surface area contributed by atoms with Gasteiger partial charge in [-0.2, -0.15) is 0 Å². The molecule has 1 N–H and O–H groups in total. The van der Waals surface area contributed by atoms with E-state index in [0.29, 0.717) is 29.0 Å². The molecule has 0 radical (unpaired) electrons. The number of aromatic nitrogens is 1. The summed E-state index contributed by atoms with van der Waals surface area (Å²) >= 11 is 0.965. The lowest BCUT2D eigenvalue weighted by Gasteiger charge is -2.23. The molecule has 0 saturated carbocycles. The van der Waals surface area contributed by atoms with Crippen molar-refractivity contribution < 1.29 is 33.7 Å². The van der Waals surface area contributed by atoms with Gasteiger partial charge in [-0.25, -0.2) is 9.78 Å². The third-order valence-corrected chi connectivity index (χ3v) is 7.63. The van der Waals surface area contributed by atoms with E-state index >= 15 is 0 Å². The summed E-state index contributed by atoms with van der Waals surface area (Å²) in [5, 5.41) is 11.6. The molecule has 1 aromatic heterocycles. The van der Waals surface area contributed by atoms with Crippen LogP contribution in [0.25, 0.3) is 5.76 Å². The van der Waals surface area contributed by atoms with Crippen molar-refractivity contribution >= 4 is 39.9 Å². The van der Waals surface area contributed by atoms with Gasteiger partial charge in [-0.3, -0.25) is 14.5 Å². The van der Waals surface area contributed by atoms with Crippen molar-refractivity contribution in [2.75, 3.05) is 18.6 Å². The topological polar surface area (TPSA) is 115 Å². The molecule has 0 spiro atoms. The predicted octanol–water partition coefficient (Wildman–Crippen LogP) is 4.59. The fraction of sp³-hybridized carbons (Fsp3) is 0.286. The SMILES string of the molecule is CCOC(=O)c1sc(N2C(=O)C(=O)/C(=C(/O)c3ccc4c(c3)C[C@H](C)O4)[C@@H]2c2ccc(OC)cc2)nc1C. The Labute approximate surface area is 223 Å². The molecule has 3 heterocycles. The summed E-state index contributed by atoms with van der Waals surface area (Å²) in [5.41, 5.74) is 2.19. The Morgan fingerprint density at radius 3 is 2.63 bits per heavy atom. The molecular weight excluding hydrogens is 508 g/mol. The van der Waals surface area contributed by atoms with Crippen LogP contribution in [0.5, 0.6) is 11.5 Å². The Bertz CT molecular complexity index is 1470. The number of aliphatic hydroxyl groups is 1. The molecule has 2 atom stereocenters. The zero-order valence-corrected chi connectivity index (χ0v) is 22.1. The van der Waals surface area contributed by atoms with Gasteiger partial charge in [0.2, 0.25) is 0 Å². The standard InChI is InChI=1S/C28H26N2O7S/c1-5-36-27(34)25-15(3)29-28(38-25)30-22(16-6-9-19(35-4)10-7-16)21(24(32)26(30)33)23(31)17-8-11-20-18(13-17)12-14(2)37-20/h6-11,13-14,22,31H,5,12H2,1-4H3/b23-21+/t14-,22-/m0/s1. The first kappa shape index (κ1) is 25.5. The molecule has 5 rings (SSSR count). The highest BCUT2D eigenvalue weighted by Gasteiger charge is 2.48. The van der Waals surface area contributed by atoms with Crippen molar-refractivity contribution in [3.8, 4) is 11.5 Å². The van der Waals surface area contributed by atoms with E-state index < -0.39 is 23.7 Å². The number of hydrogen-bond acceptors (Lipinski definition) is 9. The van der Waals surface area contributed by atoms with E-state index in [-0.39, 0.29) is 34.1 Å². The van der Waals surface area contributed by atoms with Gasteiger partial charge in [0.1, 0.15) is 28.2 Å². The number of fused-ring (bicyclic) bond motifs is 1. The van der Waals surface area contributed by atoms with Crippen LogP contribution in [0.3, 0.4) is 0 Å². The van der Waals surface area contributed by atoms with Crippen molar-refractivity contribution in [3.05, 3.63) is 75.3 Å². The summed E-state index contributed by atoms with van der Waals surface area (Å²) in [7, 11) is 1.54. The highest BCUT2D eigenvalue weighted by atomic mass is 32.1. The van der Waals surface area contributed by atoms with Crippen molar-refractivity contribution in [1.82, 2.24) is 4.98 Å². The summed E-state index contributed by atoms with van der Waals surface area (Å²) in [6.45, 7) is 5.48. The molecule has 0 bridgehead atoms. The Morgan fingerprint density at radius 1 is 1.21 bits per heavy atom. The molecule has 0 aliphatic carbocycles. The van der Waals surface area contributed by atoms with Crippen molar-refractivity contribution in [1.29, 1.82) is 0 Å². The maximum Gasteiger partial charge on any atom is 0.350 e. The Hall–Kier alpha value is -4.18. The van der Waals surface area contributed by atoms with Crippen LogP contribution in [0.4, 0.5) is 5.13 Å². The lowest BCUT2D eigenvalue weighted by Crippen LogP contribution is -2.29. The van der Waals surface area contributed by atoms with Gasteiger partial charge in [0.25, 0.3) is 5.78 Å². The van der Waals surface area contributed by atoms with Gasteiger partial charge in [-0.05, 0) is 62.2 Å². The van der Waals surface area contributed by atoms with Gasteiger partial charge in [0, 0.05) is 12.0 Å². The smallest absolute Gasteiger partial charge is 0.350 e. The number of thiazole rings is 1. The number of ether oxygens (including phenoxy) is 3. The molecule has 9 nitrogen and oxygen atoms in total. The van der Waals surface area contributed by atoms with Gasteiger partial charge in [0.05, 0.1) is 31.0 Å². The number of ketones is 1. The molecule has 196 valence electrons. The van der Waals surface area contributed by atoms with Gasteiger partial charge in [-0.15, -0.1) is 0 Å². The van der Waals surface area contributed by atoms with E-state index in [1.54, 1.807) is 56.3 Å². The summed E-state index contributed by atoms with van der Waals surface area (Å²) in [6, 6.07) is 11.1. The normalized spacial score (nSPS) is 19.8. The number of anilines is 1. The van der Waals surface area contributed by atoms with Crippen molar-refractivity contribution in [2.24, 2.45) is 0 Å². The van der Waals surface area contributed by atoms with Crippen LogP contribution in [0.15, 0.2) is 48.0 Å². The second-order valence-electron chi connectivity index (χ2n) is 9.03. The third-order valence-electron chi connectivity index (χ3n) is 6.50. The van der Waals surface area contributed by atoms with Crippen LogP contribution in [-0.2, 0) is 20.7 Å². The van der Waals surface area contributed by atoms with E-state index in [9.17, 15) is 19.5 Å². The number of carbonyl (C=O) groups excluding carboxylic acids is 3. The number of aliphatic hydroxyl groups excluding tert-OH is 1. The molecule has 2 aliphatic heterocycles. The minimum atomic E-state index is -0.982. The Kier molecular flexibility index (Phi) is 6.66. The summed E-state index contributed by atoms with van der Waals surface area (Å²) < 4.78 is 16.1. The molecule has 1 amide bonds. The van der Waals surface area contributed by atoms with Gasteiger partial charge in [0.15, 0.2) is 5.13 Å². The number of benzene rings is 2. The lowest BCUT2D eigenvalue weighted by molar-refractivity contribution is -0.132. The van der Waals surface area contributed by atoms with Crippen LogP contribution < -0.4 is 14.4 Å². The van der Waals surface area contributed by atoms with Gasteiger partial charge >= 0.3 is 11.9 Å². The number of methoxy groups -OCH3 is 1. The minimum absolute atomic E-state index is 0.00834. The number of nitrogens with zero attached hydrogens (tertiary/aromatic N) is 2. The third kappa shape index (κ3) is 4.30. The van der Waals surface area contributed by atoms with E-state index in [2.05, 4.69) is 4.98 Å². The fourth-order valence-electron chi connectivity index (χ4n) is 4.73. The highest BCUT2D eigenvalue weighted by Crippen LogP contribution is 2.44. The monoisotopic (exact) mass is 534 g/mol. The van der Waals surface area contributed by atoms with Crippen LogP contribution in [-0.4, -0.2) is 47.6 Å². The zero-order valence-electron chi connectivity index (χ0n) is 21.3. The maximum absolute atomic E-state index is 13.5. The molecule has 10 heteroatoms. The fourth-order valence-corrected chi connectivity index (χ4v) is 5.71. The van der Waals surface area contributed by atoms with Gasteiger partial charge < -0.3 is 19.3 Å². The average molecular weight is 535 g/mol. The van der Waals surface area contributed by atoms with Crippen LogP contribution in [0, 0.1) is 6.92 Å². The number of rotatable bonds is 6. The second-order valence-corrected chi connectivity index (χ2v) is 10.0. The highest BCUT2D eigenvalue weighted by molar-refractivity contribution is 7.17. The Balaban J connectivity index is 1.66. The minimum Gasteiger partial charge on any atom is -0.507 e. The molecule has 3 aromatic rings. The van der Waals surface area contributed by atoms with Crippen LogP contribution in [0.1, 0.15) is 51.9 Å². The number of amides is 1. The first-order chi connectivity index (χ1) is 18.2. The van der Waals surface area contributed by atoms with Crippen LogP contribution in [0.2, 0.25) is 0 Å². The second kappa shape index (κ2) is 9.94. The summed E-state index contributed by atoms with van der Waals surface area (Å²) in [6.07, 6.45) is 0.677. The number of aryl methyl sites for hydroxylation is 1. The predicted molar refractivity (Wildman–Crippen MR) is 141 cm³/mol. The number of esters is 1. The molecule has 2 aliphatic rings. The van der Waals surface area contributed by atoms with E-state index in [0.717, 1.165) is 22.6 Å². The Morgan fingerprint density at radius 2 is 1.95 bits per heavy atom. The number of Topliss-reactive ketones (excluding diaryl/α,β-unsaturated/α-hetero) is 1. The first-order valence-corrected chi connectivity index (χ1v) is 12.9. The van der Waals surface area contributed by atoms with Crippen LogP contribution >= 0.6 is 11.3 Å². The zero-order chi connectivity index (χ0) is 27.1. The number of carbonyl (C=O) groups is 3. The maximum atomic E-state index is 13.5.